The number of hydrogen-bond acceptors (Lipinski definition) is 5. The van der Waals surface area contributed by atoms with E-state index in [9.17, 15) is 9.18 Å². The molecule has 0 saturated heterocycles. The monoisotopic (exact) mass is 448 g/mol. The minimum atomic E-state index is -0.490. The molecule has 2 aliphatic rings. The molecule has 1 atom stereocenters. The Hall–Kier alpha value is -3.81. The van der Waals surface area contributed by atoms with Gasteiger partial charge in [-0.25, -0.2) is 4.39 Å². The fourth-order valence-electron chi connectivity index (χ4n) is 4.47. The smallest absolute Gasteiger partial charge is 0.255 e. The highest BCUT2D eigenvalue weighted by Crippen LogP contribution is 2.44. The van der Waals surface area contributed by atoms with E-state index in [0.717, 1.165) is 24.1 Å². The highest BCUT2D eigenvalue weighted by Gasteiger charge is 2.33. The van der Waals surface area contributed by atoms with E-state index in [0.29, 0.717) is 41.5 Å². The molecule has 2 aliphatic heterocycles. The number of halogens is 1. The van der Waals surface area contributed by atoms with E-state index >= 15 is 0 Å². The third-order valence-electron chi connectivity index (χ3n) is 6.22. The molecule has 3 aromatic rings. The maximum Gasteiger partial charge on any atom is 0.255 e. The van der Waals surface area contributed by atoms with E-state index in [4.69, 9.17) is 9.47 Å². The molecule has 0 spiro atoms. The molecule has 1 unspecified atom stereocenters. The molecule has 7 nitrogen and oxygen atoms in total. The van der Waals surface area contributed by atoms with Crippen LogP contribution in [-0.4, -0.2) is 36.1 Å². The summed E-state index contributed by atoms with van der Waals surface area (Å²) in [5, 5.41) is 6.30. The number of para-hydroxylation sites is 1. The summed E-state index contributed by atoms with van der Waals surface area (Å²) in [5.74, 6) is 0.119. The quantitative estimate of drug-likeness (QED) is 0.496. The van der Waals surface area contributed by atoms with Crippen LogP contribution in [0.3, 0.4) is 0 Å². The van der Waals surface area contributed by atoms with Gasteiger partial charge in [0.1, 0.15) is 12.4 Å². The molecule has 3 N–H and O–H groups in total. The molecule has 0 radical (unpaired) electrons. The number of benzene rings is 1. The van der Waals surface area contributed by atoms with Crippen LogP contribution in [0.5, 0.6) is 11.5 Å². The van der Waals surface area contributed by atoms with Gasteiger partial charge in [0.15, 0.2) is 11.6 Å². The lowest BCUT2D eigenvalue weighted by atomic mass is 9.91. The van der Waals surface area contributed by atoms with Crippen molar-refractivity contribution in [1.82, 2.24) is 15.3 Å². The van der Waals surface area contributed by atoms with E-state index in [1.807, 2.05) is 6.07 Å². The van der Waals surface area contributed by atoms with Gasteiger partial charge in [0.25, 0.3) is 5.91 Å². The third kappa shape index (κ3) is 3.82. The van der Waals surface area contributed by atoms with E-state index in [-0.39, 0.29) is 17.6 Å². The largest absolute Gasteiger partial charge is 0.492 e. The first-order valence-corrected chi connectivity index (χ1v) is 10.9. The van der Waals surface area contributed by atoms with Gasteiger partial charge in [0.05, 0.1) is 35.9 Å². The molecule has 4 heterocycles. The van der Waals surface area contributed by atoms with Crippen molar-refractivity contribution >= 4 is 17.3 Å². The number of carbonyl (C=O) groups excluding carboxylic acids is 1. The van der Waals surface area contributed by atoms with E-state index < -0.39 is 5.82 Å². The number of hydrogen-bond donors (Lipinski definition) is 3. The molecule has 0 aliphatic carbocycles. The number of pyridine rings is 1. The minimum absolute atomic E-state index is 0.0788. The number of aromatic amines is 1. The fourth-order valence-corrected chi connectivity index (χ4v) is 4.47. The Morgan fingerprint density at radius 2 is 2.18 bits per heavy atom. The van der Waals surface area contributed by atoms with E-state index in [2.05, 4.69) is 33.6 Å². The van der Waals surface area contributed by atoms with Crippen molar-refractivity contribution < 1.29 is 18.7 Å². The first kappa shape index (κ1) is 21.1. The average molecular weight is 448 g/mol. The lowest BCUT2D eigenvalue weighted by molar-refractivity contribution is 0.0940. The minimum Gasteiger partial charge on any atom is -0.492 e. The number of aromatic nitrogens is 2. The zero-order valence-corrected chi connectivity index (χ0v) is 18.5. The number of carbonyl (C=O) groups is 1. The summed E-state index contributed by atoms with van der Waals surface area (Å²) < 4.78 is 25.7. The maximum absolute atomic E-state index is 14.4. The van der Waals surface area contributed by atoms with Crippen LogP contribution in [0.2, 0.25) is 0 Å². The Morgan fingerprint density at radius 3 is 3.03 bits per heavy atom. The number of anilines is 2. The lowest BCUT2D eigenvalue weighted by Gasteiger charge is -2.24. The molecule has 8 heteroatoms. The first-order valence-electron chi connectivity index (χ1n) is 10.9. The number of methoxy groups -OCH3 is 1. The van der Waals surface area contributed by atoms with Gasteiger partial charge in [-0.1, -0.05) is 11.6 Å². The summed E-state index contributed by atoms with van der Waals surface area (Å²) in [6.45, 7) is 3.07. The number of allylic oxidation sites excluding steroid dienone is 1. The van der Waals surface area contributed by atoms with Crippen LogP contribution in [0.15, 0.2) is 48.3 Å². The van der Waals surface area contributed by atoms with Gasteiger partial charge < -0.3 is 25.1 Å². The topological polar surface area (TPSA) is 88.3 Å². The summed E-state index contributed by atoms with van der Waals surface area (Å²) in [6, 6.07) is 6.49. The van der Waals surface area contributed by atoms with Crippen molar-refractivity contribution in [3.63, 3.8) is 0 Å². The van der Waals surface area contributed by atoms with Crippen molar-refractivity contribution in [3.8, 4) is 22.8 Å². The predicted octanol–water partition coefficient (Wildman–Crippen LogP) is 4.91. The van der Waals surface area contributed by atoms with Gasteiger partial charge in [-0.2, -0.15) is 0 Å². The maximum atomic E-state index is 14.4. The summed E-state index contributed by atoms with van der Waals surface area (Å²) in [5.41, 5.74) is 5.04. The predicted molar refractivity (Wildman–Crippen MR) is 124 cm³/mol. The number of H-pyrrole nitrogens is 1. The van der Waals surface area contributed by atoms with Crippen molar-refractivity contribution in [2.24, 2.45) is 0 Å². The van der Waals surface area contributed by atoms with Crippen molar-refractivity contribution in [3.05, 3.63) is 65.4 Å². The molecular formula is C25H25FN4O3. The SMILES string of the molecule is COc1c(F)cccc1Nc1c2[nH]c3c1C(=O)NCC3CC/C(C)=C/COc1cnccc1-2. The van der Waals surface area contributed by atoms with Crippen molar-refractivity contribution in [2.75, 3.05) is 25.6 Å². The Kier molecular flexibility index (Phi) is 5.50. The molecule has 33 heavy (non-hydrogen) atoms. The van der Waals surface area contributed by atoms with E-state index in [1.165, 1.54) is 18.7 Å². The van der Waals surface area contributed by atoms with Crippen LogP contribution in [0.4, 0.5) is 15.8 Å². The number of rotatable bonds is 3. The van der Waals surface area contributed by atoms with Gasteiger partial charge in [-0.3, -0.25) is 9.78 Å². The Bertz CT molecular complexity index is 1250. The van der Waals surface area contributed by atoms with Crippen LogP contribution in [0.25, 0.3) is 11.3 Å². The molecule has 0 saturated carbocycles. The summed E-state index contributed by atoms with van der Waals surface area (Å²) in [4.78, 5) is 20.8. The molecule has 5 rings (SSSR count). The number of ether oxygens (including phenoxy) is 2. The van der Waals surface area contributed by atoms with Gasteiger partial charge in [-0.15, -0.1) is 0 Å². The number of nitrogens with zero attached hydrogens (tertiary/aromatic N) is 1. The second-order valence-corrected chi connectivity index (χ2v) is 8.29. The molecular weight excluding hydrogens is 423 g/mol. The molecule has 2 bridgehead atoms. The molecule has 1 amide bonds. The Balaban J connectivity index is 1.73. The Labute approximate surface area is 191 Å². The summed E-state index contributed by atoms with van der Waals surface area (Å²) in [6.07, 6.45) is 7.18. The second-order valence-electron chi connectivity index (χ2n) is 8.29. The van der Waals surface area contributed by atoms with Gasteiger partial charge >= 0.3 is 0 Å². The lowest BCUT2D eigenvalue weighted by Crippen LogP contribution is -2.35. The zero-order chi connectivity index (χ0) is 22.9. The second kappa shape index (κ2) is 8.61. The number of fused-ring (bicyclic) bond motifs is 3. The van der Waals surface area contributed by atoms with Crippen LogP contribution in [0, 0.1) is 5.82 Å². The Morgan fingerprint density at radius 1 is 1.30 bits per heavy atom. The highest BCUT2D eigenvalue weighted by atomic mass is 19.1. The van der Waals surface area contributed by atoms with Gasteiger partial charge in [0, 0.05) is 29.9 Å². The number of nitrogens with one attached hydrogen (secondary N) is 3. The molecule has 1 aromatic carbocycles. The van der Waals surface area contributed by atoms with Gasteiger partial charge in [-0.05, 0) is 44.0 Å². The van der Waals surface area contributed by atoms with Crippen LogP contribution < -0.4 is 20.1 Å². The first-order chi connectivity index (χ1) is 16.1. The standard InChI is InChI=1S/C25H25FN4O3/c1-14-6-7-15-12-28-25(31)20-21(15)30-22(16-8-10-27-13-19(16)33-11-9-14)23(20)29-18-5-3-4-17(26)24(18)32-2/h3-5,8-10,13,15,29-30H,6-7,11-12H2,1-2H3,(H,28,31)/b14-9+. The van der Waals surface area contributed by atoms with Crippen LogP contribution in [0.1, 0.15) is 41.7 Å². The molecule has 170 valence electrons. The summed E-state index contributed by atoms with van der Waals surface area (Å²) >= 11 is 0. The third-order valence-corrected chi connectivity index (χ3v) is 6.22. The van der Waals surface area contributed by atoms with Gasteiger partial charge in [0.2, 0.25) is 0 Å². The van der Waals surface area contributed by atoms with E-state index in [1.54, 1.807) is 24.5 Å². The van der Waals surface area contributed by atoms with Crippen LogP contribution >= 0.6 is 0 Å². The van der Waals surface area contributed by atoms with Crippen LogP contribution in [-0.2, 0) is 0 Å². The summed E-state index contributed by atoms with van der Waals surface area (Å²) in [7, 11) is 1.42. The average Bonchev–Trinajstić information content (AvgIpc) is 3.18. The molecule has 2 aromatic heterocycles. The number of amides is 1. The molecule has 0 fully saturated rings. The zero-order valence-electron chi connectivity index (χ0n) is 18.5. The van der Waals surface area contributed by atoms with Crippen molar-refractivity contribution in [2.45, 2.75) is 25.7 Å². The highest BCUT2D eigenvalue weighted by molar-refractivity contribution is 6.07. The normalized spacial score (nSPS) is 19.1. The van der Waals surface area contributed by atoms with Crippen molar-refractivity contribution in [1.29, 1.82) is 0 Å². The fraction of sp³-hybridized carbons (Fsp3) is 0.280.